The van der Waals surface area contributed by atoms with Gasteiger partial charge in [0.05, 0.1) is 12.7 Å². The third kappa shape index (κ3) is 10.7. The molecule has 0 spiro atoms. The largest absolute Gasteiger partial charge is 0.510 e. The first-order chi connectivity index (χ1) is 21.2. The maximum atomic E-state index is 14.6. The van der Waals surface area contributed by atoms with E-state index in [0.29, 0.717) is 4.57 Å². The molecular formula is C23H37FN2O18P2. The Bertz CT molecular complexity index is 1390. The van der Waals surface area contributed by atoms with Crippen molar-refractivity contribution in [3.63, 3.8) is 0 Å². The lowest BCUT2D eigenvalue weighted by Crippen LogP contribution is -2.53. The van der Waals surface area contributed by atoms with Crippen molar-refractivity contribution in [2.45, 2.75) is 77.4 Å². The predicted molar refractivity (Wildman–Crippen MR) is 147 cm³/mol. The molecule has 0 bridgehead atoms. The Kier molecular flexibility index (Phi) is 13.8. The number of esters is 1. The second kappa shape index (κ2) is 16.0. The SMILES string of the molecule is CC(C)CC(=O)OCOP(=O)(OCOC(=O)OC(C)C)OC[C@@]1(CF)O[C@@H](n2ccc(=O)n(COP(=O)(O)O)c2=O)[C@](C)(O)[C@@H]1O. The minimum atomic E-state index is -5.15. The molecule has 46 heavy (non-hydrogen) atoms. The van der Waals surface area contributed by atoms with Crippen molar-refractivity contribution in [1.82, 2.24) is 9.13 Å². The van der Waals surface area contributed by atoms with Crippen LogP contribution in [0.25, 0.3) is 0 Å². The van der Waals surface area contributed by atoms with Crippen LogP contribution in [0.15, 0.2) is 21.9 Å². The molecule has 0 saturated carbocycles. The Morgan fingerprint density at radius 1 is 1.07 bits per heavy atom. The van der Waals surface area contributed by atoms with Crippen LogP contribution in [0.5, 0.6) is 0 Å². The quantitative estimate of drug-likeness (QED) is 0.0982. The molecule has 0 aliphatic carbocycles. The Hall–Kier alpha value is -2.55. The van der Waals surface area contributed by atoms with Gasteiger partial charge in [0.15, 0.2) is 11.8 Å². The smallest absolute Gasteiger partial charge is 0.438 e. The second-order valence-corrected chi connectivity index (χ2v) is 13.6. The van der Waals surface area contributed by atoms with Crippen LogP contribution >= 0.6 is 15.6 Å². The average Bonchev–Trinajstić information content (AvgIpc) is 3.11. The van der Waals surface area contributed by atoms with Gasteiger partial charge in [-0.3, -0.25) is 23.2 Å². The molecule has 1 aromatic heterocycles. The Labute approximate surface area is 260 Å². The number of phosphoric ester groups is 2. The topological polar surface area (TPSA) is 267 Å². The first-order valence-electron chi connectivity index (χ1n) is 13.4. The molecular weight excluding hydrogens is 673 g/mol. The second-order valence-electron chi connectivity index (χ2n) is 10.7. The number of hydrogen-bond acceptors (Lipinski definition) is 16. The molecule has 20 nitrogen and oxygen atoms in total. The van der Waals surface area contributed by atoms with E-state index in [2.05, 4.69) is 9.26 Å². The van der Waals surface area contributed by atoms with Gasteiger partial charge in [-0.1, -0.05) is 13.8 Å². The van der Waals surface area contributed by atoms with E-state index in [1.807, 2.05) is 0 Å². The molecule has 0 aromatic carbocycles. The summed E-state index contributed by atoms with van der Waals surface area (Å²) < 4.78 is 78.6. The summed E-state index contributed by atoms with van der Waals surface area (Å²) in [4.78, 5) is 66.6. The summed E-state index contributed by atoms with van der Waals surface area (Å²) in [5.74, 6) is -0.867. The fraction of sp³-hybridized carbons (Fsp3) is 0.739. The maximum absolute atomic E-state index is 14.6. The van der Waals surface area contributed by atoms with E-state index in [1.54, 1.807) is 13.8 Å². The number of hydrogen-bond donors (Lipinski definition) is 4. The molecule has 2 heterocycles. The molecule has 264 valence electrons. The zero-order valence-corrected chi connectivity index (χ0v) is 27.2. The van der Waals surface area contributed by atoms with Crippen LogP contribution in [0.4, 0.5) is 9.18 Å². The third-order valence-electron chi connectivity index (χ3n) is 6.02. The van der Waals surface area contributed by atoms with Gasteiger partial charge in [-0.25, -0.2) is 36.7 Å². The molecule has 0 amide bonds. The Balaban J connectivity index is 2.33. The van der Waals surface area contributed by atoms with E-state index in [0.717, 1.165) is 19.2 Å². The van der Waals surface area contributed by atoms with Crippen molar-refractivity contribution >= 4 is 27.8 Å². The van der Waals surface area contributed by atoms with Gasteiger partial charge in [0, 0.05) is 18.7 Å². The number of alkyl halides is 1. The number of carbonyl (C=O) groups excluding carboxylic acids is 2. The normalized spacial score (nSPS) is 24.6. The molecule has 0 radical (unpaired) electrons. The molecule has 1 aliphatic rings. The van der Waals surface area contributed by atoms with Crippen LogP contribution < -0.4 is 11.2 Å². The Morgan fingerprint density at radius 2 is 1.67 bits per heavy atom. The lowest BCUT2D eigenvalue weighted by molar-refractivity contribution is -0.155. The number of phosphoric acid groups is 2. The summed E-state index contributed by atoms with van der Waals surface area (Å²) in [5, 5.41) is 22.1. The minimum Gasteiger partial charge on any atom is -0.438 e. The molecule has 1 aliphatic heterocycles. The van der Waals surface area contributed by atoms with Gasteiger partial charge in [-0.15, -0.1) is 0 Å². The standard InChI is InChI=1S/C23H37FN2O18P2/c1-14(2)8-17(28)37-12-41-46(36,42-13-38-21(31)43-15(3)4)39-10-23(9-24)18(29)22(5,32)19(44-23)25-7-6-16(27)26(20(25)30)11-40-45(33,34)35/h6-7,14-15,18-19,29,32H,8-13H2,1-5H3,(H2,33,34,35)/t18-,19+,22+,23+,46?/m0/s1. The zero-order valence-electron chi connectivity index (χ0n) is 25.4. The molecule has 5 atom stereocenters. The van der Waals surface area contributed by atoms with Gasteiger partial charge >= 0.3 is 33.5 Å². The molecule has 1 unspecified atom stereocenters. The van der Waals surface area contributed by atoms with E-state index in [-0.39, 0.29) is 16.9 Å². The van der Waals surface area contributed by atoms with Crippen LogP contribution in [0.1, 0.15) is 47.3 Å². The summed E-state index contributed by atoms with van der Waals surface area (Å²) in [7, 11) is -10.1. The van der Waals surface area contributed by atoms with Crippen LogP contribution in [-0.4, -0.2) is 91.5 Å². The predicted octanol–water partition coefficient (Wildman–Crippen LogP) is 0.650. The van der Waals surface area contributed by atoms with Gasteiger partial charge in [-0.05, 0) is 26.7 Å². The number of carbonyl (C=O) groups is 2. The van der Waals surface area contributed by atoms with Gasteiger partial charge in [0.1, 0.15) is 25.1 Å². The van der Waals surface area contributed by atoms with Crippen molar-refractivity contribution in [3.8, 4) is 0 Å². The van der Waals surface area contributed by atoms with Crippen molar-refractivity contribution in [2.75, 3.05) is 26.9 Å². The van der Waals surface area contributed by atoms with E-state index in [9.17, 15) is 42.9 Å². The fourth-order valence-electron chi connectivity index (χ4n) is 3.84. The maximum Gasteiger partial charge on any atom is 0.510 e. The molecule has 1 aromatic rings. The van der Waals surface area contributed by atoms with Gasteiger partial charge in [0.25, 0.3) is 5.56 Å². The average molecular weight is 710 g/mol. The number of aromatic nitrogens is 2. The van der Waals surface area contributed by atoms with Crippen LogP contribution in [0.2, 0.25) is 0 Å². The molecule has 4 N–H and O–H groups in total. The lowest BCUT2D eigenvalue weighted by Gasteiger charge is -2.31. The van der Waals surface area contributed by atoms with Crippen molar-refractivity contribution < 1.29 is 80.2 Å². The van der Waals surface area contributed by atoms with Crippen molar-refractivity contribution in [2.24, 2.45) is 5.92 Å². The van der Waals surface area contributed by atoms with Crippen molar-refractivity contribution in [3.05, 3.63) is 33.1 Å². The first-order valence-corrected chi connectivity index (χ1v) is 16.3. The molecule has 1 fully saturated rings. The molecule has 2 rings (SSSR count). The van der Waals surface area contributed by atoms with Crippen LogP contribution in [0, 0.1) is 5.92 Å². The van der Waals surface area contributed by atoms with Gasteiger partial charge in [-0.2, -0.15) is 0 Å². The highest BCUT2D eigenvalue weighted by Crippen LogP contribution is 2.52. The summed E-state index contributed by atoms with van der Waals surface area (Å²) in [6.45, 7) is 1.12. The zero-order chi connectivity index (χ0) is 35.1. The van der Waals surface area contributed by atoms with E-state index in [4.69, 9.17) is 37.6 Å². The number of aliphatic hydroxyl groups excluding tert-OH is 1. The van der Waals surface area contributed by atoms with E-state index in [1.165, 1.54) is 13.8 Å². The van der Waals surface area contributed by atoms with Gasteiger partial charge < -0.3 is 38.9 Å². The number of halogens is 1. The fourth-order valence-corrected chi connectivity index (χ4v) is 5.07. The molecule has 1 saturated heterocycles. The van der Waals surface area contributed by atoms with Gasteiger partial charge in [0.2, 0.25) is 13.6 Å². The summed E-state index contributed by atoms with van der Waals surface area (Å²) in [6, 6.07) is 0.725. The monoisotopic (exact) mass is 710 g/mol. The highest BCUT2D eigenvalue weighted by Gasteiger charge is 2.63. The Morgan fingerprint density at radius 3 is 2.22 bits per heavy atom. The van der Waals surface area contributed by atoms with E-state index < -0.39 is 102 Å². The summed E-state index contributed by atoms with van der Waals surface area (Å²) >= 11 is 0. The number of rotatable bonds is 17. The highest BCUT2D eigenvalue weighted by atomic mass is 31.2. The van der Waals surface area contributed by atoms with Crippen LogP contribution in [0.3, 0.4) is 0 Å². The first kappa shape index (κ1) is 39.6. The third-order valence-corrected chi connectivity index (χ3v) is 7.76. The lowest BCUT2D eigenvalue weighted by atomic mass is 9.88. The minimum absolute atomic E-state index is 0.0425. The number of ether oxygens (including phenoxy) is 4. The number of aliphatic hydroxyl groups is 2. The van der Waals surface area contributed by atoms with E-state index >= 15 is 0 Å². The summed E-state index contributed by atoms with van der Waals surface area (Å²) in [6.07, 6.45) is -5.35. The van der Waals surface area contributed by atoms with Crippen molar-refractivity contribution in [1.29, 1.82) is 0 Å². The number of nitrogens with zero attached hydrogens (tertiary/aromatic N) is 2. The summed E-state index contributed by atoms with van der Waals surface area (Å²) in [5.41, 5.74) is -7.62. The molecule has 23 heteroatoms. The highest BCUT2D eigenvalue weighted by molar-refractivity contribution is 7.48. The van der Waals surface area contributed by atoms with Crippen LogP contribution in [-0.2, 0) is 57.7 Å².